The molecule has 0 aliphatic rings. The normalized spacial score (nSPS) is 13.4. The van der Waals surface area contributed by atoms with Gasteiger partial charge in [0.25, 0.3) is 0 Å². The third-order valence-corrected chi connectivity index (χ3v) is 2.29. The molecule has 0 saturated carbocycles. The highest BCUT2D eigenvalue weighted by Gasteiger charge is 2.26. The highest BCUT2D eigenvalue weighted by atomic mass is 16.6. The largest absolute Gasteiger partial charge is 0.444 e. The number of nitrogens with zero attached hydrogens (tertiary/aromatic N) is 1. The van der Waals surface area contributed by atoms with Crippen LogP contribution in [0.3, 0.4) is 0 Å². The average Bonchev–Trinajstić information content (AvgIpc) is 2.09. The minimum atomic E-state index is -0.506. The summed E-state index contributed by atoms with van der Waals surface area (Å²) in [5.74, 6) is 0.225. The summed E-state index contributed by atoms with van der Waals surface area (Å²) >= 11 is 0. The lowest BCUT2D eigenvalue weighted by Gasteiger charge is -2.32. The summed E-state index contributed by atoms with van der Waals surface area (Å²) in [5, 5.41) is 0. The van der Waals surface area contributed by atoms with Crippen LogP contribution < -0.4 is 0 Å². The van der Waals surface area contributed by atoms with E-state index in [2.05, 4.69) is 0 Å². The van der Waals surface area contributed by atoms with Crippen LogP contribution in [0, 0.1) is 5.92 Å². The van der Waals surface area contributed by atoms with Crippen molar-refractivity contribution in [3.63, 3.8) is 0 Å². The van der Waals surface area contributed by atoms with Gasteiger partial charge in [0.05, 0.1) is 0 Å². The first-order chi connectivity index (χ1) is 7.19. The number of hydrogen-bond acceptors (Lipinski definition) is 3. The third-order valence-electron chi connectivity index (χ3n) is 2.29. The third kappa shape index (κ3) is 5.14. The van der Waals surface area contributed by atoms with Crippen LogP contribution in [-0.4, -0.2) is 36.0 Å². The molecule has 1 amide bonds. The second kappa shape index (κ2) is 5.87. The molecule has 0 aromatic heterocycles. The summed E-state index contributed by atoms with van der Waals surface area (Å²) in [5.41, 5.74) is -0.506. The van der Waals surface area contributed by atoms with Crippen molar-refractivity contribution in [3.05, 3.63) is 0 Å². The summed E-state index contributed by atoms with van der Waals surface area (Å²) in [6, 6.07) is -0.104. The van der Waals surface area contributed by atoms with Crippen LogP contribution in [0.5, 0.6) is 0 Å². The standard InChI is InChI=1S/C12H23NO3/c1-9(2)10(7-8-14)13(6)11(15)16-12(3,4)5/h8-10H,7H2,1-6H3. The SMILES string of the molecule is CC(C)C(CC=O)N(C)C(=O)OC(C)(C)C. The second-order valence-electron chi connectivity index (χ2n) is 5.30. The molecule has 0 aromatic rings. The van der Waals surface area contributed by atoms with Crippen molar-refractivity contribution >= 4 is 12.4 Å². The van der Waals surface area contributed by atoms with Crippen LogP contribution >= 0.6 is 0 Å². The molecule has 0 radical (unpaired) electrons. The first kappa shape index (κ1) is 14.9. The van der Waals surface area contributed by atoms with Crippen molar-refractivity contribution in [2.45, 2.75) is 52.7 Å². The zero-order valence-corrected chi connectivity index (χ0v) is 11.1. The van der Waals surface area contributed by atoms with Gasteiger partial charge in [-0.1, -0.05) is 13.8 Å². The van der Waals surface area contributed by atoms with E-state index >= 15 is 0 Å². The van der Waals surface area contributed by atoms with E-state index in [4.69, 9.17) is 4.74 Å². The molecule has 4 heteroatoms. The van der Waals surface area contributed by atoms with Crippen molar-refractivity contribution in [3.8, 4) is 0 Å². The Labute approximate surface area is 98.0 Å². The van der Waals surface area contributed by atoms with Crippen molar-refractivity contribution in [2.24, 2.45) is 5.92 Å². The molecule has 0 rings (SSSR count). The molecule has 4 nitrogen and oxygen atoms in total. The Morgan fingerprint density at radius 3 is 2.19 bits per heavy atom. The zero-order valence-electron chi connectivity index (χ0n) is 11.1. The van der Waals surface area contributed by atoms with E-state index in [-0.39, 0.29) is 18.1 Å². The van der Waals surface area contributed by atoms with Crippen LogP contribution in [0.4, 0.5) is 4.79 Å². The van der Waals surface area contributed by atoms with Crippen LogP contribution in [0.15, 0.2) is 0 Å². The topological polar surface area (TPSA) is 46.6 Å². The lowest BCUT2D eigenvalue weighted by Crippen LogP contribution is -2.43. The fourth-order valence-corrected chi connectivity index (χ4v) is 1.45. The maximum absolute atomic E-state index is 11.8. The van der Waals surface area contributed by atoms with Crippen molar-refractivity contribution in [1.82, 2.24) is 4.90 Å². The Balaban J connectivity index is 4.55. The highest BCUT2D eigenvalue weighted by molar-refractivity contribution is 5.69. The summed E-state index contributed by atoms with van der Waals surface area (Å²) in [4.78, 5) is 23.8. The summed E-state index contributed by atoms with van der Waals surface area (Å²) in [7, 11) is 1.67. The van der Waals surface area contributed by atoms with E-state index in [9.17, 15) is 9.59 Å². The van der Waals surface area contributed by atoms with E-state index in [0.29, 0.717) is 6.42 Å². The molecule has 0 bridgehead atoms. The van der Waals surface area contributed by atoms with Crippen molar-refractivity contribution in [1.29, 1.82) is 0 Å². The van der Waals surface area contributed by atoms with Gasteiger partial charge in [-0.25, -0.2) is 4.79 Å². The first-order valence-electron chi connectivity index (χ1n) is 5.58. The molecule has 0 heterocycles. The predicted octanol–water partition coefficient (Wildman–Crippen LogP) is 2.47. The lowest BCUT2D eigenvalue weighted by atomic mass is 10.0. The number of ether oxygens (including phenoxy) is 1. The predicted molar refractivity (Wildman–Crippen MR) is 63.3 cm³/mol. The Morgan fingerprint density at radius 1 is 1.38 bits per heavy atom. The Bertz CT molecular complexity index is 243. The number of hydrogen-bond donors (Lipinski definition) is 0. The minimum Gasteiger partial charge on any atom is -0.444 e. The maximum atomic E-state index is 11.8. The van der Waals surface area contributed by atoms with E-state index in [1.165, 1.54) is 4.90 Å². The van der Waals surface area contributed by atoms with E-state index < -0.39 is 5.60 Å². The number of amides is 1. The van der Waals surface area contributed by atoms with Gasteiger partial charge in [-0.05, 0) is 26.7 Å². The van der Waals surface area contributed by atoms with Crippen molar-refractivity contribution < 1.29 is 14.3 Å². The summed E-state index contributed by atoms with van der Waals surface area (Å²) < 4.78 is 5.25. The molecule has 0 spiro atoms. The van der Waals surface area contributed by atoms with Gasteiger partial charge < -0.3 is 14.4 Å². The monoisotopic (exact) mass is 229 g/mol. The molecule has 1 unspecified atom stereocenters. The van der Waals surface area contributed by atoms with Gasteiger partial charge >= 0.3 is 6.09 Å². The van der Waals surface area contributed by atoms with Crippen LogP contribution in [0.2, 0.25) is 0 Å². The lowest BCUT2D eigenvalue weighted by molar-refractivity contribution is -0.109. The Kier molecular flexibility index (Phi) is 5.48. The fourth-order valence-electron chi connectivity index (χ4n) is 1.45. The molecule has 0 fully saturated rings. The zero-order chi connectivity index (χ0) is 12.9. The second-order valence-corrected chi connectivity index (χ2v) is 5.30. The quantitative estimate of drug-likeness (QED) is 0.696. The van der Waals surface area contributed by atoms with Crippen molar-refractivity contribution in [2.75, 3.05) is 7.05 Å². The Hall–Kier alpha value is -1.06. The van der Waals surface area contributed by atoms with Gasteiger partial charge in [-0.3, -0.25) is 0 Å². The van der Waals surface area contributed by atoms with Crippen LogP contribution in [0.1, 0.15) is 41.0 Å². The van der Waals surface area contributed by atoms with Gasteiger partial charge in [0.15, 0.2) is 0 Å². The first-order valence-corrected chi connectivity index (χ1v) is 5.58. The number of rotatable bonds is 4. The van der Waals surface area contributed by atoms with Crippen LogP contribution in [-0.2, 0) is 9.53 Å². The number of carbonyl (C=O) groups excluding carboxylic acids is 2. The molecule has 0 aliphatic heterocycles. The van der Waals surface area contributed by atoms with E-state index in [1.54, 1.807) is 7.05 Å². The molecule has 16 heavy (non-hydrogen) atoms. The molecule has 1 atom stereocenters. The molecule has 0 saturated heterocycles. The summed E-state index contributed by atoms with van der Waals surface area (Å²) in [6.45, 7) is 9.43. The number of aldehydes is 1. The molecule has 94 valence electrons. The molecule has 0 N–H and O–H groups in total. The molecule has 0 aromatic carbocycles. The highest BCUT2D eigenvalue weighted by Crippen LogP contribution is 2.16. The molecule has 0 aliphatic carbocycles. The fraction of sp³-hybridized carbons (Fsp3) is 0.833. The minimum absolute atomic E-state index is 0.104. The molecular formula is C12H23NO3. The van der Waals surface area contributed by atoms with Gasteiger partial charge in [0.1, 0.15) is 11.9 Å². The Morgan fingerprint density at radius 2 is 1.88 bits per heavy atom. The van der Waals surface area contributed by atoms with E-state index in [0.717, 1.165) is 6.29 Å². The smallest absolute Gasteiger partial charge is 0.410 e. The van der Waals surface area contributed by atoms with Gasteiger partial charge in [0, 0.05) is 19.5 Å². The summed E-state index contributed by atoms with van der Waals surface area (Å²) in [6.07, 6.45) is 0.798. The molecular weight excluding hydrogens is 206 g/mol. The van der Waals surface area contributed by atoms with Gasteiger partial charge in [0.2, 0.25) is 0 Å². The van der Waals surface area contributed by atoms with Gasteiger partial charge in [-0.2, -0.15) is 0 Å². The van der Waals surface area contributed by atoms with E-state index in [1.807, 2.05) is 34.6 Å². The van der Waals surface area contributed by atoms with Gasteiger partial charge in [-0.15, -0.1) is 0 Å². The number of carbonyl (C=O) groups is 2. The average molecular weight is 229 g/mol. The maximum Gasteiger partial charge on any atom is 0.410 e. The van der Waals surface area contributed by atoms with Crippen LogP contribution in [0.25, 0.3) is 0 Å².